The van der Waals surface area contributed by atoms with Gasteiger partial charge < -0.3 is 10.8 Å². The molecule has 0 spiro atoms. The Morgan fingerprint density at radius 3 is 2.75 bits per heavy atom. The summed E-state index contributed by atoms with van der Waals surface area (Å²) in [7, 11) is 0. The minimum Gasteiger partial charge on any atom is -0.480 e. The molecule has 0 saturated heterocycles. The molecule has 3 nitrogen and oxygen atoms in total. The van der Waals surface area contributed by atoms with Gasteiger partial charge in [0.15, 0.2) is 0 Å². The van der Waals surface area contributed by atoms with Crippen LogP contribution in [0.3, 0.4) is 0 Å². The van der Waals surface area contributed by atoms with Crippen molar-refractivity contribution in [3.05, 3.63) is 0 Å². The van der Waals surface area contributed by atoms with Crippen LogP contribution in [0.5, 0.6) is 0 Å². The molecule has 4 heteroatoms. The van der Waals surface area contributed by atoms with Crippen LogP contribution in [-0.4, -0.2) is 28.1 Å². The minimum atomic E-state index is -0.897. The molecule has 0 heterocycles. The molecule has 0 aromatic carbocycles. The summed E-state index contributed by atoms with van der Waals surface area (Å²) in [4.78, 5) is 10.5. The fraction of sp³-hybridized carbons (Fsp3) is 0.875. The summed E-state index contributed by atoms with van der Waals surface area (Å²) >= 11 is 1.68. The van der Waals surface area contributed by atoms with Gasteiger partial charge in [0.1, 0.15) is 6.04 Å². The number of nitrogens with two attached hydrogens (primary N) is 1. The van der Waals surface area contributed by atoms with Crippen LogP contribution in [0.15, 0.2) is 0 Å². The lowest BCUT2D eigenvalue weighted by Gasteiger charge is -2.14. The molecular weight excluding hydrogens is 174 g/mol. The van der Waals surface area contributed by atoms with Gasteiger partial charge in [0.25, 0.3) is 0 Å². The molecule has 0 aromatic heterocycles. The summed E-state index contributed by atoms with van der Waals surface area (Å²) in [5.41, 5.74) is 5.45. The van der Waals surface area contributed by atoms with Crippen molar-refractivity contribution in [2.45, 2.75) is 31.1 Å². The molecule has 1 saturated carbocycles. The first-order valence-electron chi connectivity index (χ1n) is 4.21. The first-order valence-corrected chi connectivity index (χ1v) is 5.26. The Morgan fingerprint density at radius 2 is 2.33 bits per heavy atom. The predicted molar refractivity (Wildman–Crippen MR) is 50.3 cm³/mol. The van der Waals surface area contributed by atoms with Gasteiger partial charge in [-0.1, -0.05) is 6.92 Å². The van der Waals surface area contributed by atoms with Crippen molar-refractivity contribution in [3.63, 3.8) is 0 Å². The van der Waals surface area contributed by atoms with Gasteiger partial charge in [-0.05, 0) is 24.5 Å². The summed E-state index contributed by atoms with van der Waals surface area (Å²) in [5, 5.41) is 8.63. The molecular formula is C8H15NO2S. The maximum Gasteiger partial charge on any atom is 0.321 e. The lowest BCUT2D eigenvalue weighted by molar-refractivity contribution is -0.138. The lowest BCUT2D eigenvalue weighted by atomic mass is 10.2. The number of carbonyl (C=O) groups is 1. The van der Waals surface area contributed by atoms with Crippen LogP contribution in [-0.2, 0) is 4.79 Å². The van der Waals surface area contributed by atoms with E-state index in [-0.39, 0.29) is 5.25 Å². The van der Waals surface area contributed by atoms with Crippen LogP contribution in [0.25, 0.3) is 0 Å². The fourth-order valence-electron chi connectivity index (χ4n) is 0.877. The zero-order valence-electron chi connectivity index (χ0n) is 7.19. The zero-order valence-corrected chi connectivity index (χ0v) is 8.01. The molecule has 0 aromatic rings. The van der Waals surface area contributed by atoms with Crippen LogP contribution >= 0.6 is 11.8 Å². The molecule has 1 aliphatic rings. The van der Waals surface area contributed by atoms with Crippen molar-refractivity contribution in [1.29, 1.82) is 0 Å². The zero-order chi connectivity index (χ0) is 9.14. The lowest BCUT2D eigenvalue weighted by Crippen LogP contribution is -2.38. The second-order valence-corrected chi connectivity index (χ2v) is 4.76. The Morgan fingerprint density at radius 1 is 1.75 bits per heavy atom. The third kappa shape index (κ3) is 3.03. The highest BCUT2D eigenvalue weighted by atomic mass is 32.2. The van der Waals surface area contributed by atoms with Crippen molar-refractivity contribution in [1.82, 2.24) is 0 Å². The number of rotatable bonds is 5. The normalized spacial score (nSPS) is 21.8. The van der Waals surface area contributed by atoms with Crippen LogP contribution in [0.4, 0.5) is 0 Å². The number of aliphatic carboxylic acids is 1. The standard InChI is InChI=1S/C8H15NO2S/c1-5(7(9)8(10)11)12-4-6-2-3-6/h5-7H,2-4,9H2,1H3,(H,10,11). The molecule has 2 unspecified atom stereocenters. The van der Waals surface area contributed by atoms with Crippen molar-refractivity contribution in [2.75, 3.05) is 5.75 Å². The molecule has 0 bridgehead atoms. The van der Waals surface area contributed by atoms with E-state index < -0.39 is 12.0 Å². The summed E-state index contributed by atoms with van der Waals surface area (Å²) in [6.07, 6.45) is 2.62. The SMILES string of the molecule is CC(SCC1CC1)C(N)C(=O)O. The van der Waals surface area contributed by atoms with Crippen molar-refractivity contribution in [2.24, 2.45) is 11.7 Å². The number of hydrogen-bond acceptors (Lipinski definition) is 3. The van der Waals surface area contributed by atoms with E-state index in [0.29, 0.717) is 0 Å². The fourth-order valence-corrected chi connectivity index (χ4v) is 2.11. The highest BCUT2D eigenvalue weighted by molar-refractivity contribution is 7.99. The Bertz CT molecular complexity index is 170. The molecule has 1 aliphatic carbocycles. The van der Waals surface area contributed by atoms with Gasteiger partial charge in [0.2, 0.25) is 0 Å². The molecule has 3 N–H and O–H groups in total. The molecule has 0 radical (unpaired) electrons. The predicted octanol–water partition coefficient (Wildman–Crippen LogP) is 0.930. The van der Waals surface area contributed by atoms with Crippen molar-refractivity contribution < 1.29 is 9.90 Å². The minimum absolute atomic E-state index is 0.0306. The number of carboxylic acid groups (broad SMARTS) is 1. The maximum absolute atomic E-state index is 10.5. The molecule has 12 heavy (non-hydrogen) atoms. The Labute approximate surface area is 76.7 Å². The van der Waals surface area contributed by atoms with E-state index in [9.17, 15) is 4.79 Å². The second kappa shape index (κ2) is 4.14. The number of thioether (sulfide) groups is 1. The Balaban J connectivity index is 2.16. The first-order chi connectivity index (χ1) is 5.61. The van der Waals surface area contributed by atoms with Crippen molar-refractivity contribution in [3.8, 4) is 0 Å². The van der Waals surface area contributed by atoms with E-state index in [1.807, 2.05) is 6.92 Å². The molecule has 70 valence electrons. The van der Waals surface area contributed by atoms with Crippen molar-refractivity contribution >= 4 is 17.7 Å². The summed E-state index contributed by atoms with van der Waals surface area (Å²) in [6.45, 7) is 1.88. The van der Waals surface area contributed by atoms with Gasteiger partial charge in [-0.3, -0.25) is 4.79 Å². The average molecular weight is 189 g/mol. The van der Waals surface area contributed by atoms with Crippen LogP contribution in [0, 0.1) is 5.92 Å². The van der Waals surface area contributed by atoms with Crippen LogP contribution < -0.4 is 5.73 Å². The third-order valence-corrected chi connectivity index (χ3v) is 3.57. The average Bonchev–Trinajstić information content (AvgIpc) is 2.81. The molecule has 1 rings (SSSR count). The monoisotopic (exact) mass is 189 g/mol. The third-order valence-electron chi connectivity index (χ3n) is 2.08. The quantitative estimate of drug-likeness (QED) is 0.675. The first kappa shape index (κ1) is 9.86. The van der Waals surface area contributed by atoms with E-state index in [1.165, 1.54) is 12.8 Å². The van der Waals surface area contributed by atoms with Gasteiger partial charge in [0.05, 0.1) is 0 Å². The van der Waals surface area contributed by atoms with E-state index in [1.54, 1.807) is 11.8 Å². The van der Waals surface area contributed by atoms with E-state index in [4.69, 9.17) is 10.8 Å². The van der Waals surface area contributed by atoms with E-state index >= 15 is 0 Å². The Hall–Kier alpha value is -0.220. The van der Waals surface area contributed by atoms with E-state index in [0.717, 1.165) is 11.7 Å². The summed E-state index contributed by atoms with van der Waals surface area (Å²) in [6, 6.07) is -0.714. The van der Waals surface area contributed by atoms with Crippen LogP contribution in [0.2, 0.25) is 0 Å². The van der Waals surface area contributed by atoms with Gasteiger partial charge in [-0.15, -0.1) is 0 Å². The molecule has 0 amide bonds. The largest absolute Gasteiger partial charge is 0.480 e. The molecule has 1 fully saturated rings. The highest BCUT2D eigenvalue weighted by Crippen LogP contribution is 2.33. The number of hydrogen-bond donors (Lipinski definition) is 2. The summed E-state index contributed by atoms with van der Waals surface area (Å²) in [5.74, 6) is 1.01. The smallest absolute Gasteiger partial charge is 0.321 e. The van der Waals surface area contributed by atoms with Gasteiger partial charge in [-0.2, -0.15) is 11.8 Å². The van der Waals surface area contributed by atoms with Gasteiger partial charge in [-0.25, -0.2) is 0 Å². The van der Waals surface area contributed by atoms with Gasteiger partial charge >= 0.3 is 5.97 Å². The second-order valence-electron chi connectivity index (χ2n) is 3.35. The summed E-state index contributed by atoms with van der Waals surface area (Å²) < 4.78 is 0. The van der Waals surface area contributed by atoms with Crippen LogP contribution in [0.1, 0.15) is 19.8 Å². The number of carboxylic acids is 1. The Kier molecular flexibility index (Phi) is 3.40. The van der Waals surface area contributed by atoms with Gasteiger partial charge in [0, 0.05) is 5.25 Å². The topological polar surface area (TPSA) is 63.3 Å². The molecule has 2 atom stereocenters. The molecule has 0 aliphatic heterocycles. The van der Waals surface area contributed by atoms with E-state index in [2.05, 4.69) is 0 Å². The maximum atomic E-state index is 10.5. The highest BCUT2D eigenvalue weighted by Gasteiger charge is 2.25.